The van der Waals surface area contributed by atoms with Crippen molar-refractivity contribution in [2.24, 2.45) is 0 Å². The zero-order valence-corrected chi connectivity index (χ0v) is 13.8. The number of amides is 1. The second-order valence-corrected chi connectivity index (χ2v) is 5.87. The van der Waals surface area contributed by atoms with E-state index in [9.17, 15) is 18.0 Å². The molecule has 8 heteroatoms. The fourth-order valence-electron chi connectivity index (χ4n) is 2.41. The third kappa shape index (κ3) is 5.59. The molecule has 1 fully saturated rings. The molecule has 2 rings (SSSR count). The van der Waals surface area contributed by atoms with Gasteiger partial charge in [0.2, 0.25) is 0 Å². The highest BCUT2D eigenvalue weighted by atomic mass is 19.4. The van der Waals surface area contributed by atoms with Gasteiger partial charge in [0.05, 0.1) is 5.56 Å². The lowest BCUT2D eigenvalue weighted by Crippen LogP contribution is -2.44. The van der Waals surface area contributed by atoms with Crippen molar-refractivity contribution in [2.75, 3.05) is 45.1 Å². The molecule has 1 aliphatic heterocycles. The third-order valence-corrected chi connectivity index (χ3v) is 3.96. The molecular formula is C17H19F3N4O. The minimum atomic E-state index is -4.49. The number of rotatable bonds is 4. The topological polar surface area (TPSA) is 59.4 Å². The number of benzene rings is 1. The van der Waals surface area contributed by atoms with E-state index in [2.05, 4.69) is 15.1 Å². The van der Waals surface area contributed by atoms with Gasteiger partial charge in [0.15, 0.2) is 0 Å². The summed E-state index contributed by atoms with van der Waals surface area (Å²) in [6.45, 7) is 3.94. The highest BCUT2D eigenvalue weighted by molar-refractivity contribution is 6.06. The van der Waals surface area contributed by atoms with E-state index in [1.807, 2.05) is 7.05 Å². The van der Waals surface area contributed by atoms with E-state index in [1.54, 1.807) is 6.07 Å². The summed E-state index contributed by atoms with van der Waals surface area (Å²) in [7, 11) is 2.02. The lowest BCUT2D eigenvalue weighted by Gasteiger charge is -2.31. The molecule has 0 saturated carbocycles. The van der Waals surface area contributed by atoms with Crippen LogP contribution in [-0.4, -0.2) is 55.5 Å². The second-order valence-electron chi connectivity index (χ2n) is 5.87. The molecule has 5 nitrogen and oxygen atoms in total. The van der Waals surface area contributed by atoms with Crippen LogP contribution in [-0.2, 0) is 11.0 Å². The van der Waals surface area contributed by atoms with Gasteiger partial charge < -0.3 is 10.2 Å². The lowest BCUT2D eigenvalue weighted by molar-refractivity contribution is -0.137. The molecule has 134 valence electrons. The number of nitriles is 1. The number of alkyl halides is 3. The van der Waals surface area contributed by atoms with E-state index in [4.69, 9.17) is 5.26 Å². The minimum absolute atomic E-state index is 0.000530. The van der Waals surface area contributed by atoms with E-state index >= 15 is 0 Å². The van der Waals surface area contributed by atoms with Crippen molar-refractivity contribution >= 4 is 11.6 Å². The summed E-state index contributed by atoms with van der Waals surface area (Å²) in [6.07, 6.45) is -2.98. The summed E-state index contributed by atoms with van der Waals surface area (Å²) < 4.78 is 38.1. The van der Waals surface area contributed by atoms with Gasteiger partial charge in [0.1, 0.15) is 11.6 Å². The van der Waals surface area contributed by atoms with Gasteiger partial charge in [-0.25, -0.2) is 0 Å². The first-order chi connectivity index (χ1) is 11.8. The van der Waals surface area contributed by atoms with Crippen LogP contribution in [0, 0.1) is 11.3 Å². The SMILES string of the molecule is CN1CCN(CC=C(C#N)C(=O)Nc2cccc(C(F)(F)F)c2)CC1. The standard InChI is InChI=1S/C17H19F3N4O/c1-23-7-9-24(10-8-23)6-5-13(12-21)16(25)22-15-4-2-3-14(11-15)17(18,19)20/h2-5,11H,6-10H2,1H3,(H,22,25). The smallest absolute Gasteiger partial charge is 0.321 e. The molecule has 1 aromatic rings. The van der Waals surface area contributed by atoms with Gasteiger partial charge in [-0.05, 0) is 31.3 Å². The predicted molar refractivity (Wildman–Crippen MR) is 87.7 cm³/mol. The molecule has 0 aromatic heterocycles. The maximum atomic E-state index is 12.7. The summed E-state index contributed by atoms with van der Waals surface area (Å²) in [5, 5.41) is 11.5. The Morgan fingerprint density at radius 1 is 1.32 bits per heavy atom. The Balaban J connectivity index is 2.00. The van der Waals surface area contributed by atoms with Crippen LogP contribution in [0.15, 0.2) is 35.9 Å². The van der Waals surface area contributed by atoms with Crippen molar-refractivity contribution in [1.82, 2.24) is 9.80 Å². The van der Waals surface area contributed by atoms with E-state index in [0.717, 1.165) is 38.3 Å². The zero-order chi connectivity index (χ0) is 18.4. The van der Waals surface area contributed by atoms with Crippen molar-refractivity contribution in [3.8, 4) is 6.07 Å². The second kappa shape index (κ2) is 8.14. The molecule has 1 aromatic carbocycles. The van der Waals surface area contributed by atoms with Crippen LogP contribution < -0.4 is 5.32 Å². The number of halogens is 3. The Bertz CT molecular complexity index is 686. The largest absolute Gasteiger partial charge is 0.416 e. The van der Waals surface area contributed by atoms with E-state index in [0.29, 0.717) is 6.54 Å². The van der Waals surface area contributed by atoms with Crippen molar-refractivity contribution in [2.45, 2.75) is 6.18 Å². The minimum Gasteiger partial charge on any atom is -0.321 e. The first-order valence-electron chi connectivity index (χ1n) is 7.79. The highest BCUT2D eigenvalue weighted by Gasteiger charge is 2.30. The molecule has 25 heavy (non-hydrogen) atoms. The molecule has 1 saturated heterocycles. The fraction of sp³-hybridized carbons (Fsp3) is 0.412. The number of nitrogens with one attached hydrogen (secondary N) is 1. The quantitative estimate of drug-likeness (QED) is 0.668. The molecule has 0 radical (unpaired) electrons. The van der Waals surface area contributed by atoms with Crippen LogP contribution in [0.1, 0.15) is 5.56 Å². The van der Waals surface area contributed by atoms with Crippen LogP contribution in [0.3, 0.4) is 0 Å². The van der Waals surface area contributed by atoms with Crippen LogP contribution in [0.25, 0.3) is 0 Å². The van der Waals surface area contributed by atoms with Crippen LogP contribution in [0.5, 0.6) is 0 Å². The summed E-state index contributed by atoms with van der Waals surface area (Å²) in [6, 6.07) is 6.12. The summed E-state index contributed by atoms with van der Waals surface area (Å²) in [4.78, 5) is 16.4. The third-order valence-electron chi connectivity index (χ3n) is 3.96. The van der Waals surface area contributed by atoms with Gasteiger partial charge in [-0.1, -0.05) is 6.07 Å². The number of piperazine rings is 1. The number of carbonyl (C=O) groups is 1. The monoisotopic (exact) mass is 352 g/mol. The molecule has 1 N–H and O–H groups in total. The average molecular weight is 352 g/mol. The van der Waals surface area contributed by atoms with E-state index < -0.39 is 17.6 Å². The molecule has 1 aliphatic rings. The Morgan fingerprint density at radius 2 is 2.00 bits per heavy atom. The predicted octanol–water partition coefficient (Wildman–Crippen LogP) is 2.34. The van der Waals surface area contributed by atoms with Crippen LogP contribution in [0.2, 0.25) is 0 Å². The fourth-order valence-corrected chi connectivity index (χ4v) is 2.41. The maximum absolute atomic E-state index is 12.7. The Hall–Kier alpha value is -2.37. The molecular weight excluding hydrogens is 333 g/mol. The summed E-state index contributed by atoms with van der Waals surface area (Å²) in [5.41, 5.74) is -0.970. The molecule has 0 unspecified atom stereocenters. The molecule has 0 bridgehead atoms. The van der Waals surface area contributed by atoms with Crippen molar-refractivity contribution in [3.05, 3.63) is 41.5 Å². The van der Waals surface area contributed by atoms with Gasteiger partial charge in [0, 0.05) is 38.4 Å². The summed E-state index contributed by atoms with van der Waals surface area (Å²) >= 11 is 0. The van der Waals surface area contributed by atoms with E-state index in [-0.39, 0.29) is 11.3 Å². The Kier molecular flexibility index (Phi) is 6.17. The van der Waals surface area contributed by atoms with Gasteiger partial charge in [-0.15, -0.1) is 0 Å². The number of hydrogen-bond donors (Lipinski definition) is 1. The highest BCUT2D eigenvalue weighted by Crippen LogP contribution is 2.30. The van der Waals surface area contributed by atoms with Gasteiger partial charge in [0.25, 0.3) is 5.91 Å². The van der Waals surface area contributed by atoms with Crippen molar-refractivity contribution < 1.29 is 18.0 Å². The average Bonchev–Trinajstić information content (AvgIpc) is 2.56. The van der Waals surface area contributed by atoms with Gasteiger partial charge in [-0.3, -0.25) is 9.69 Å². The number of nitrogens with zero attached hydrogens (tertiary/aromatic N) is 3. The molecule has 1 heterocycles. The number of anilines is 1. The van der Waals surface area contributed by atoms with Crippen molar-refractivity contribution in [3.63, 3.8) is 0 Å². The maximum Gasteiger partial charge on any atom is 0.416 e. The van der Waals surface area contributed by atoms with Gasteiger partial charge >= 0.3 is 6.18 Å². The summed E-state index contributed by atoms with van der Waals surface area (Å²) in [5.74, 6) is -0.712. The van der Waals surface area contributed by atoms with Crippen LogP contribution >= 0.6 is 0 Å². The normalized spacial score (nSPS) is 17.2. The molecule has 0 spiro atoms. The number of hydrogen-bond acceptors (Lipinski definition) is 4. The zero-order valence-electron chi connectivity index (χ0n) is 13.8. The first kappa shape index (κ1) is 19.0. The van der Waals surface area contributed by atoms with Gasteiger partial charge in [-0.2, -0.15) is 18.4 Å². The number of likely N-dealkylation sites (N-methyl/N-ethyl adjacent to an activating group) is 1. The van der Waals surface area contributed by atoms with E-state index in [1.165, 1.54) is 18.2 Å². The lowest BCUT2D eigenvalue weighted by atomic mass is 10.1. The Morgan fingerprint density at radius 3 is 2.60 bits per heavy atom. The molecule has 1 amide bonds. The Labute approximate surface area is 144 Å². The first-order valence-corrected chi connectivity index (χ1v) is 7.79. The van der Waals surface area contributed by atoms with Crippen LogP contribution in [0.4, 0.5) is 18.9 Å². The number of carbonyl (C=O) groups excluding carboxylic acids is 1. The molecule has 0 atom stereocenters. The van der Waals surface area contributed by atoms with Crippen molar-refractivity contribution in [1.29, 1.82) is 5.26 Å². The molecule has 0 aliphatic carbocycles.